The molecule has 0 saturated heterocycles. The molecule has 1 aliphatic heterocycles. The van der Waals surface area contributed by atoms with Gasteiger partial charge in [-0.1, -0.05) is 36.4 Å². The van der Waals surface area contributed by atoms with Crippen LogP contribution in [0, 0.1) is 0 Å². The molecule has 1 aliphatic rings. The molecule has 0 fully saturated rings. The van der Waals surface area contributed by atoms with Gasteiger partial charge in [-0.2, -0.15) is 4.31 Å². The van der Waals surface area contributed by atoms with E-state index >= 15 is 0 Å². The molecule has 4 rings (SSSR count). The molecule has 2 aromatic carbocycles. The first-order chi connectivity index (χ1) is 13.5. The van der Waals surface area contributed by atoms with Gasteiger partial charge in [-0.3, -0.25) is 4.98 Å². The lowest BCUT2D eigenvalue weighted by molar-refractivity contribution is 0.0766. The van der Waals surface area contributed by atoms with Crippen molar-refractivity contribution in [3.8, 4) is 5.75 Å². The maximum Gasteiger partial charge on any atom is 0.244 e. The van der Waals surface area contributed by atoms with Crippen LogP contribution in [0.1, 0.15) is 22.8 Å². The number of pyridine rings is 1. The normalized spacial score (nSPS) is 21.2. The number of fused-ring (bicyclic) bond motifs is 1. The first-order valence-corrected chi connectivity index (χ1v) is 10.4. The molecule has 2 heterocycles. The third-order valence-electron chi connectivity index (χ3n) is 5.07. The van der Waals surface area contributed by atoms with Crippen molar-refractivity contribution in [2.45, 2.75) is 30.0 Å². The van der Waals surface area contributed by atoms with E-state index in [9.17, 15) is 18.6 Å². The van der Waals surface area contributed by atoms with Crippen LogP contribution >= 0.6 is 0 Å². The van der Waals surface area contributed by atoms with E-state index in [1.165, 1.54) is 10.4 Å². The second-order valence-electron chi connectivity index (χ2n) is 6.79. The van der Waals surface area contributed by atoms with Gasteiger partial charge in [0.15, 0.2) is 0 Å². The number of aliphatic hydroxyl groups is 1. The highest BCUT2D eigenvalue weighted by atomic mass is 32.2. The fourth-order valence-corrected chi connectivity index (χ4v) is 5.48. The second kappa shape index (κ2) is 7.35. The summed E-state index contributed by atoms with van der Waals surface area (Å²) in [6, 6.07) is 16.0. The molecule has 2 N–H and O–H groups in total. The summed E-state index contributed by atoms with van der Waals surface area (Å²) in [4.78, 5) is 4.09. The van der Waals surface area contributed by atoms with Crippen molar-refractivity contribution in [3.05, 3.63) is 89.7 Å². The third-order valence-corrected chi connectivity index (χ3v) is 7.01. The molecule has 2 atom stereocenters. The molecular weight excluding hydrogens is 376 g/mol. The highest BCUT2D eigenvalue weighted by Crippen LogP contribution is 2.39. The predicted octanol–water partition coefficient (Wildman–Crippen LogP) is 2.64. The number of hydrogen-bond acceptors (Lipinski definition) is 5. The number of benzene rings is 2. The van der Waals surface area contributed by atoms with E-state index in [0.29, 0.717) is 11.1 Å². The molecule has 0 radical (unpaired) electrons. The zero-order valence-corrected chi connectivity index (χ0v) is 15.8. The van der Waals surface area contributed by atoms with Crippen LogP contribution in [-0.4, -0.2) is 34.0 Å². The molecule has 144 valence electrons. The van der Waals surface area contributed by atoms with Crippen LogP contribution in [0.15, 0.2) is 78.0 Å². The van der Waals surface area contributed by atoms with Crippen LogP contribution in [0.25, 0.3) is 0 Å². The Morgan fingerprint density at radius 3 is 2.39 bits per heavy atom. The molecule has 1 aromatic heterocycles. The van der Waals surface area contributed by atoms with Crippen molar-refractivity contribution in [2.75, 3.05) is 0 Å². The number of para-hydroxylation sites is 1. The molecule has 0 saturated carbocycles. The first kappa shape index (κ1) is 18.6. The summed E-state index contributed by atoms with van der Waals surface area (Å²) < 4.78 is 28.1. The lowest BCUT2D eigenvalue weighted by Gasteiger charge is -2.39. The number of phenolic OH excluding ortho intramolecular Hbond substituents is 1. The summed E-state index contributed by atoms with van der Waals surface area (Å²) in [6.45, 7) is 0.106. The van der Waals surface area contributed by atoms with Gasteiger partial charge in [0, 0.05) is 24.5 Å². The standard InChI is InChI=1S/C21H20N2O4S/c24-19-7-3-1-5-16(19)13-18-21(25)17-6-2-4-8-20(17)28(26,27)23(18)14-15-9-11-22-12-10-15/h1-12,18,21,24-25H,13-14H2/t18-,21+/m1/s1. The topological polar surface area (TPSA) is 90.7 Å². The number of nitrogens with zero attached hydrogens (tertiary/aromatic N) is 2. The minimum atomic E-state index is -3.82. The van der Waals surface area contributed by atoms with Gasteiger partial charge >= 0.3 is 0 Å². The predicted molar refractivity (Wildman–Crippen MR) is 104 cm³/mol. The molecule has 0 spiro atoms. The van der Waals surface area contributed by atoms with Crippen molar-refractivity contribution in [2.24, 2.45) is 0 Å². The molecule has 3 aromatic rings. The van der Waals surface area contributed by atoms with Crippen LogP contribution in [0.5, 0.6) is 5.75 Å². The average molecular weight is 396 g/mol. The number of sulfonamides is 1. The Morgan fingerprint density at radius 2 is 1.64 bits per heavy atom. The summed E-state index contributed by atoms with van der Waals surface area (Å²) in [5.74, 6) is 0.0785. The zero-order chi connectivity index (χ0) is 19.7. The average Bonchev–Trinajstić information content (AvgIpc) is 2.71. The highest BCUT2D eigenvalue weighted by Gasteiger charge is 2.43. The summed E-state index contributed by atoms with van der Waals surface area (Å²) in [5.41, 5.74) is 1.74. The van der Waals surface area contributed by atoms with E-state index in [4.69, 9.17) is 0 Å². The number of aromatic hydroxyl groups is 1. The lowest BCUT2D eigenvalue weighted by Crippen LogP contribution is -2.48. The molecule has 0 unspecified atom stereocenters. The van der Waals surface area contributed by atoms with Crippen LogP contribution in [0.3, 0.4) is 0 Å². The fourth-order valence-electron chi connectivity index (χ4n) is 3.62. The van der Waals surface area contributed by atoms with E-state index in [1.54, 1.807) is 67.0 Å². The van der Waals surface area contributed by atoms with Crippen molar-refractivity contribution in [1.29, 1.82) is 0 Å². The van der Waals surface area contributed by atoms with Gasteiger partial charge in [-0.25, -0.2) is 8.42 Å². The number of aliphatic hydroxyl groups excluding tert-OH is 1. The maximum atomic E-state index is 13.4. The van der Waals surface area contributed by atoms with Gasteiger partial charge in [-0.05, 0) is 41.8 Å². The zero-order valence-electron chi connectivity index (χ0n) is 15.0. The Balaban J connectivity index is 1.81. The van der Waals surface area contributed by atoms with Gasteiger partial charge in [-0.15, -0.1) is 0 Å². The molecule has 28 heavy (non-hydrogen) atoms. The smallest absolute Gasteiger partial charge is 0.244 e. The summed E-state index contributed by atoms with van der Waals surface area (Å²) in [5, 5.41) is 21.2. The van der Waals surface area contributed by atoms with Gasteiger partial charge in [0.05, 0.1) is 17.0 Å². The number of hydrogen-bond donors (Lipinski definition) is 2. The lowest BCUT2D eigenvalue weighted by atomic mass is 9.95. The van der Waals surface area contributed by atoms with Crippen LogP contribution < -0.4 is 0 Å². The molecule has 0 bridgehead atoms. The SMILES string of the molecule is O=S1(=O)c2ccccc2[C@H](O)[C@@H](Cc2ccccc2O)N1Cc1ccncc1. The quantitative estimate of drug-likeness (QED) is 0.708. The van der Waals surface area contributed by atoms with Crippen LogP contribution in [-0.2, 0) is 23.0 Å². The first-order valence-electron chi connectivity index (χ1n) is 8.93. The van der Waals surface area contributed by atoms with E-state index in [-0.39, 0.29) is 23.6 Å². The van der Waals surface area contributed by atoms with Crippen LogP contribution in [0.4, 0.5) is 0 Å². The molecule has 0 aliphatic carbocycles. The van der Waals surface area contributed by atoms with Crippen molar-refractivity contribution >= 4 is 10.0 Å². The summed E-state index contributed by atoms with van der Waals surface area (Å²) in [6.07, 6.45) is 2.39. The number of phenols is 1. The minimum absolute atomic E-state index is 0.0785. The minimum Gasteiger partial charge on any atom is -0.508 e. The monoisotopic (exact) mass is 396 g/mol. The Kier molecular flexibility index (Phi) is 4.89. The van der Waals surface area contributed by atoms with Crippen molar-refractivity contribution < 1.29 is 18.6 Å². The fraction of sp³-hybridized carbons (Fsp3) is 0.190. The molecule has 6 nitrogen and oxygen atoms in total. The summed E-state index contributed by atoms with van der Waals surface area (Å²) >= 11 is 0. The van der Waals surface area contributed by atoms with Gasteiger partial charge in [0.2, 0.25) is 10.0 Å². The van der Waals surface area contributed by atoms with Crippen molar-refractivity contribution in [1.82, 2.24) is 9.29 Å². The van der Waals surface area contributed by atoms with Gasteiger partial charge in [0.25, 0.3) is 0 Å². The van der Waals surface area contributed by atoms with E-state index in [2.05, 4.69) is 4.98 Å². The van der Waals surface area contributed by atoms with Gasteiger partial charge < -0.3 is 10.2 Å². The largest absolute Gasteiger partial charge is 0.508 e. The van der Waals surface area contributed by atoms with Gasteiger partial charge in [0.1, 0.15) is 5.75 Å². The van der Waals surface area contributed by atoms with E-state index < -0.39 is 22.2 Å². The second-order valence-corrected chi connectivity index (χ2v) is 8.65. The van der Waals surface area contributed by atoms with Crippen molar-refractivity contribution in [3.63, 3.8) is 0 Å². The molecular formula is C21H20N2O4S. The van der Waals surface area contributed by atoms with Crippen LogP contribution in [0.2, 0.25) is 0 Å². The third kappa shape index (κ3) is 3.28. The number of rotatable bonds is 4. The Labute approximate surface area is 163 Å². The van der Waals surface area contributed by atoms with E-state index in [0.717, 1.165) is 5.56 Å². The Bertz CT molecular complexity index is 1090. The maximum absolute atomic E-state index is 13.4. The number of aromatic nitrogens is 1. The molecule has 7 heteroatoms. The Hall–Kier alpha value is -2.74. The molecule has 0 amide bonds. The van der Waals surface area contributed by atoms with E-state index in [1.807, 2.05) is 0 Å². The Morgan fingerprint density at radius 1 is 0.964 bits per heavy atom. The summed E-state index contributed by atoms with van der Waals surface area (Å²) in [7, 11) is -3.82. The highest BCUT2D eigenvalue weighted by molar-refractivity contribution is 7.89.